The van der Waals surface area contributed by atoms with Crippen molar-refractivity contribution in [3.05, 3.63) is 52.6 Å². The van der Waals surface area contributed by atoms with Crippen LogP contribution in [0.15, 0.2) is 30.6 Å². The molecule has 2 heterocycles. The van der Waals surface area contributed by atoms with E-state index in [1.54, 1.807) is 13.0 Å². The van der Waals surface area contributed by atoms with Crippen LogP contribution in [0.1, 0.15) is 21.6 Å². The van der Waals surface area contributed by atoms with Gasteiger partial charge in [-0.3, -0.25) is 9.78 Å². The first-order valence-corrected chi connectivity index (χ1v) is 6.12. The van der Waals surface area contributed by atoms with Gasteiger partial charge < -0.3 is 5.32 Å². The smallest absolute Gasteiger partial charge is 0.319 e. The molecule has 1 amide bonds. The van der Waals surface area contributed by atoms with E-state index in [0.29, 0.717) is 11.3 Å². The van der Waals surface area contributed by atoms with Gasteiger partial charge in [0.15, 0.2) is 5.15 Å². The van der Waals surface area contributed by atoms with E-state index in [1.807, 2.05) is 0 Å². The molecule has 2 aromatic heterocycles. The minimum atomic E-state index is -4.54. The molecule has 21 heavy (non-hydrogen) atoms. The second kappa shape index (κ2) is 5.69. The summed E-state index contributed by atoms with van der Waals surface area (Å²) in [4.78, 5) is 19.0. The van der Waals surface area contributed by atoms with Crippen LogP contribution in [0.4, 0.5) is 18.9 Å². The number of anilines is 1. The lowest BCUT2D eigenvalue weighted by molar-refractivity contribution is -0.141. The van der Waals surface area contributed by atoms with E-state index >= 15 is 0 Å². The van der Waals surface area contributed by atoms with Gasteiger partial charge >= 0.3 is 6.18 Å². The molecule has 0 atom stereocenters. The van der Waals surface area contributed by atoms with Crippen LogP contribution in [-0.2, 0) is 6.18 Å². The van der Waals surface area contributed by atoms with Crippen molar-refractivity contribution in [1.29, 1.82) is 0 Å². The fourth-order valence-electron chi connectivity index (χ4n) is 1.56. The summed E-state index contributed by atoms with van der Waals surface area (Å²) >= 11 is 5.86. The maximum Gasteiger partial charge on any atom is 0.433 e. The van der Waals surface area contributed by atoms with Crippen LogP contribution in [0.2, 0.25) is 5.15 Å². The molecule has 0 aliphatic carbocycles. The number of aryl methyl sites for hydroxylation is 1. The van der Waals surface area contributed by atoms with Crippen LogP contribution in [-0.4, -0.2) is 15.9 Å². The number of alkyl halides is 3. The second-order valence-electron chi connectivity index (χ2n) is 4.18. The molecule has 0 fully saturated rings. The molecule has 0 radical (unpaired) electrons. The Morgan fingerprint density at radius 2 is 1.95 bits per heavy atom. The van der Waals surface area contributed by atoms with Crippen molar-refractivity contribution in [3.8, 4) is 0 Å². The zero-order valence-corrected chi connectivity index (χ0v) is 11.5. The Balaban J connectivity index is 2.21. The van der Waals surface area contributed by atoms with E-state index in [1.165, 1.54) is 6.20 Å². The van der Waals surface area contributed by atoms with Crippen molar-refractivity contribution in [3.63, 3.8) is 0 Å². The first-order valence-electron chi connectivity index (χ1n) is 5.75. The number of pyridine rings is 2. The Morgan fingerprint density at radius 3 is 2.48 bits per heavy atom. The van der Waals surface area contributed by atoms with Crippen molar-refractivity contribution in [1.82, 2.24) is 9.97 Å². The molecule has 0 spiro atoms. The number of hydrogen-bond donors (Lipinski definition) is 1. The summed E-state index contributed by atoms with van der Waals surface area (Å²) in [7, 11) is 0. The average Bonchev–Trinajstić information content (AvgIpc) is 2.42. The van der Waals surface area contributed by atoms with Crippen molar-refractivity contribution in [2.24, 2.45) is 0 Å². The monoisotopic (exact) mass is 315 g/mol. The fourth-order valence-corrected chi connectivity index (χ4v) is 1.81. The lowest BCUT2D eigenvalue weighted by Gasteiger charge is -2.10. The summed E-state index contributed by atoms with van der Waals surface area (Å²) in [5.41, 5.74) is -0.0794. The molecule has 0 aromatic carbocycles. The number of halogens is 4. The van der Waals surface area contributed by atoms with E-state index in [9.17, 15) is 18.0 Å². The van der Waals surface area contributed by atoms with Gasteiger partial charge in [0.1, 0.15) is 5.69 Å². The lowest BCUT2D eigenvalue weighted by Crippen LogP contribution is -2.15. The number of amides is 1. The normalized spacial score (nSPS) is 11.3. The third-order valence-corrected chi connectivity index (χ3v) is 2.95. The van der Waals surface area contributed by atoms with Crippen molar-refractivity contribution < 1.29 is 18.0 Å². The van der Waals surface area contributed by atoms with Gasteiger partial charge in [0, 0.05) is 12.4 Å². The Bertz CT molecular complexity index is 651. The molecule has 2 aromatic rings. The molecular weight excluding hydrogens is 307 g/mol. The predicted octanol–water partition coefficient (Wildman–Crippen LogP) is 3.71. The van der Waals surface area contributed by atoms with Crippen molar-refractivity contribution in [2.45, 2.75) is 13.1 Å². The average molecular weight is 316 g/mol. The van der Waals surface area contributed by atoms with E-state index in [4.69, 9.17) is 11.6 Å². The summed E-state index contributed by atoms with van der Waals surface area (Å²) in [5.74, 6) is -0.616. The number of nitrogens with one attached hydrogen (secondary N) is 1. The molecule has 8 heteroatoms. The molecular formula is C13H9ClF3N3O. The molecule has 4 nitrogen and oxygen atoms in total. The fraction of sp³-hybridized carbons (Fsp3) is 0.154. The van der Waals surface area contributed by atoms with Gasteiger partial charge in [-0.2, -0.15) is 13.2 Å². The van der Waals surface area contributed by atoms with E-state index in [-0.39, 0.29) is 10.7 Å². The number of aromatic nitrogens is 2. The highest BCUT2D eigenvalue weighted by Crippen LogP contribution is 2.27. The third kappa shape index (κ3) is 3.49. The van der Waals surface area contributed by atoms with E-state index in [2.05, 4.69) is 15.3 Å². The largest absolute Gasteiger partial charge is 0.433 e. The summed E-state index contributed by atoms with van der Waals surface area (Å²) in [6, 6.07) is 3.43. The zero-order chi connectivity index (χ0) is 15.6. The SMILES string of the molecule is Cc1ccnc(Cl)c1NC(=O)c1ccc(C(F)(F)F)nc1. The third-order valence-electron chi connectivity index (χ3n) is 2.67. The molecule has 2 rings (SSSR count). The molecule has 0 saturated carbocycles. The quantitative estimate of drug-likeness (QED) is 0.860. The minimum Gasteiger partial charge on any atom is -0.319 e. The van der Waals surface area contributed by atoms with Gasteiger partial charge in [0.2, 0.25) is 0 Å². The Hall–Kier alpha value is -2.15. The Kier molecular flexibility index (Phi) is 4.13. The first-order chi connectivity index (χ1) is 9.79. The zero-order valence-electron chi connectivity index (χ0n) is 10.7. The number of carbonyl (C=O) groups excluding carboxylic acids is 1. The van der Waals surface area contributed by atoms with Crippen LogP contribution in [0.3, 0.4) is 0 Å². The molecule has 1 N–H and O–H groups in total. The molecule has 0 aliphatic heterocycles. The van der Waals surface area contributed by atoms with E-state index in [0.717, 1.165) is 18.3 Å². The predicted molar refractivity (Wildman–Crippen MR) is 71.2 cm³/mol. The van der Waals surface area contributed by atoms with Gasteiger partial charge in [-0.1, -0.05) is 11.6 Å². The molecule has 0 saturated heterocycles. The number of carbonyl (C=O) groups is 1. The molecule has 0 unspecified atom stereocenters. The molecule has 0 bridgehead atoms. The first kappa shape index (κ1) is 15.2. The van der Waals surface area contributed by atoms with Gasteiger partial charge in [0.25, 0.3) is 5.91 Å². The van der Waals surface area contributed by atoms with Crippen molar-refractivity contribution >= 4 is 23.2 Å². The highest BCUT2D eigenvalue weighted by molar-refractivity contribution is 6.32. The van der Waals surface area contributed by atoms with Crippen LogP contribution >= 0.6 is 11.6 Å². The summed E-state index contributed by atoms with van der Waals surface area (Å²) < 4.78 is 37.2. The van der Waals surface area contributed by atoms with Gasteiger partial charge in [-0.15, -0.1) is 0 Å². The highest BCUT2D eigenvalue weighted by Gasteiger charge is 2.32. The maximum absolute atomic E-state index is 12.4. The van der Waals surface area contributed by atoms with Crippen LogP contribution < -0.4 is 5.32 Å². The van der Waals surface area contributed by atoms with Crippen LogP contribution in [0.25, 0.3) is 0 Å². The summed E-state index contributed by atoms with van der Waals surface area (Å²) in [6.07, 6.45) is -2.21. The highest BCUT2D eigenvalue weighted by atomic mass is 35.5. The van der Waals surface area contributed by atoms with Gasteiger partial charge in [0.05, 0.1) is 11.3 Å². The van der Waals surface area contributed by atoms with Gasteiger partial charge in [-0.05, 0) is 30.7 Å². The summed E-state index contributed by atoms with van der Waals surface area (Å²) in [6.45, 7) is 1.72. The minimum absolute atomic E-state index is 0.0117. The molecule has 110 valence electrons. The Labute approximate surface area is 123 Å². The topological polar surface area (TPSA) is 54.9 Å². The summed E-state index contributed by atoms with van der Waals surface area (Å²) in [5, 5.41) is 2.60. The number of hydrogen-bond acceptors (Lipinski definition) is 3. The lowest BCUT2D eigenvalue weighted by atomic mass is 10.2. The maximum atomic E-state index is 12.4. The van der Waals surface area contributed by atoms with Crippen LogP contribution in [0.5, 0.6) is 0 Å². The standard InChI is InChI=1S/C13H9ClF3N3O/c1-7-4-5-18-11(14)10(7)20-12(21)8-2-3-9(19-6-8)13(15,16)17/h2-6H,1H3,(H,20,21). The number of rotatable bonds is 2. The Morgan fingerprint density at radius 1 is 1.24 bits per heavy atom. The second-order valence-corrected chi connectivity index (χ2v) is 4.54. The van der Waals surface area contributed by atoms with Crippen LogP contribution in [0, 0.1) is 6.92 Å². The van der Waals surface area contributed by atoms with Crippen molar-refractivity contribution in [2.75, 3.05) is 5.32 Å². The number of nitrogens with zero attached hydrogens (tertiary/aromatic N) is 2. The van der Waals surface area contributed by atoms with Gasteiger partial charge in [-0.25, -0.2) is 4.98 Å². The van der Waals surface area contributed by atoms with E-state index < -0.39 is 17.8 Å². The molecule has 0 aliphatic rings.